The van der Waals surface area contributed by atoms with Gasteiger partial charge in [-0.15, -0.1) is 0 Å². The predicted octanol–water partition coefficient (Wildman–Crippen LogP) is 2.89. The van der Waals surface area contributed by atoms with E-state index in [4.69, 9.17) is 5.73 Å². The molecule has 0 saturated carbocycles. The first-order chi connectivity index (χ1) is 9.63. The Kier molecular flexibility index (Phi) is 4.69. The zero-order chi connectivity index (χ0) is 14.5. The molecule has 1 aromatic carbocycles. The second-order valence-corrected chi connectivity index (χ2v) is 5.00. The lowest BCUT2D eigenvalue weighted by atomic mass is 10.1. The monoisotopic (exact) mass is 270 g/mol. The molecule has 4 heteroatoms. The van der Waals surface area contributed by atoms with Gasteiger partial charge < -0.3 is 10.6 Å². The van der Waals surface area contributed by atoms with Crippen molar-refractivity contribution in [2.45, 2.75) is 27.2 Å². The number of anilines is 2. The Balaban J connectivity index is 2.47. The highest BCUT2D eigenvalue weighted by Crippen LogP contribution is 2.28. The maximum atomic E-state index is 5.68. The molecule has 1 heterocycles. The fraction of sp³-hybridized carbons (Fsp3) is 0.375. The average molecular weight is 270 g/mol. The van der Waals surface area contributed by atoms with Gasteiger partial charge in [-0.1, -0.05) is 18.2 Å². The van der Waals surface area contributed by atoms with E-state index in [1.54, 1.807) is 6.20 Å². The quantitative estimate of drug-likeness (QED) is 0.907. The van der Waals surface area contributed by atoms with Crippen LogP contribution in [0.5, 0.6) is 0 Å². The van der Waals surface area contributed by atoms with Gasteiger partial charge in [-0.25, -0.2) is 4.98 Å². The number of para-hydroxylation sites is 1. The van der Waals surface area contributed by atoms with E-state index in [1.165, 1.54) is 11.3 Å². The van der Waals surface area contributed by atoms with Crippen LogP contribution in [0, 0.1) is 20.8 Å². The normalized spacial score (nSPS) is 10.6. The first-order valence-corrected chi connectivity index (χ1v) is 6.97. The van der Waals surface area contributed by atoms with Gasteiger partial charge in [-0.05, 0) is 45.4 Å². The van der Waals surface area contributed by atoms with Crippen molar-refractivity contribution >= 4 is 11.5 Å². The highest BCUT2D eigenvalue weighted by Gasteiger charge is 2.15. The minimum Gasteiger partial charge on any atom is -0.330 e. The summed E-state index contributed by atoms with van der Waals surface area (Å²) < 4.78 is 0. The van der Waals surface area contributed by atoms with Crippen LogP contribution in [0.25, 0.3) is 0 Å². The van der Waals surface area contributed by atoms with Gasteiger partial charge >= 0.3 is 0 Å². The third-order valence-corrected chi connectivity index (χ3v) is 3.30. The van der Waals surface area contributed by atoms with E-state index in [2.05, 4.69) is 46.1 Å². The molecule has 0 saturated heterocycles. The van der Waals surface area contributed by atoms with E-state index >= 15 is 0 Å². The maximum Gasteiger partial charge on any atom is 0.154 e. The zero-order valence-electron chi connectivity index (χ0n) is 12.4. The minimum atomic E-state index is 0.667. The molecule has 2 rings (SSSR count). The van der Waals surface area contributed by atoms with E-state index in [1.807, 2.05) is 13.8 Å². The Bertz CT molecular complexity index is 580. The number of nitrogens with zero attached hydrogens (tertiary/aromatic N) is 3. The molecule has 0 bridgehead atoms. The van der Waals surface area contributed by atoms with Crippen LogP contribution in [-0.2, 0) is 0 Å². The molecule has 0 unspecified atom stereocenters. The summed E-state index contributed by atoms with van der Waals surface area (Å²) in [5.41, 5.74) is 9.94. The predicted molar refractivity (Wildman–Crippen MR) is 83.4 cm³/mol. The van der Waals surface area contributed by atoms with Crippen LogP contribution in [0.15, 0.2) is 30.5 Å². The van der Waals surface area contributed by atoms with Crippen LogP contribution in [0.1, 0.15) is 23.4 Å². The van der Waals surface area contributed by atoms with Gasteiger partial charge in [-0.3, -0.25) is 4.98 Å². The standard InChI is InChI=1S/C16H22N4/c1-12-7-4-5-8-15(12)20(10-6-9-17)16-14(3)18-11-13(2)19-16/h4-5,7-8,11H,6,9-10,17H2,1-3H3. The number of aromatic nitrogens is 2. The number of benzene rings is 1. The van der Waals surface area contributed by atoms with Crippen LogP contribution in [-0.4, -0.2) is 23.1 Å². The first-order valence-electron chi connectivity index (χ1n) is 6.97. The van der Waals surface area contributed by atoms with Gasteiger partial charge in [0.25, 0.3) is 0 Å². The van der Waals surface area contributed by atoms with Crippen molar-refractivity contribution in [2.24, 2.45) is 5.73 Å². The van der Waals surface area contributed by atoms with E-state index in [0.717, 1.165) is 30.2 Å². The molecule has 106 valence electrons. The summed E-state index contributed by atoms with van der Waals surface area (Å²) in [6, 6.07) is 8.34. The van der Waals surface area contributed by atoms with Crippen LogP contribution < -0.4 is 10.6 Å². The highest BCUT2D eigenvalue weighted by molar-refractivity contribution is 5.65. The maximum absolute atomic E-state index is 5.68. The van der Waals surface area contributed by atoms with Crippen molar-refractivity contribution in [2.75, 3.05) is 18.0 Å². The van der Waals surface area contributed by atoms with Crippen molar-refractivity contribution < 1.29 is 0 Å². The second-order valence-electron chi connectivity index (χ2n) is 5.00. The summed E-state index contributed by atoms with van der Waals surface area (Å²) in [6.07, 6.45) is 2.72. The Morgan fingerprint density at radius 3 is 2.60 bits per heavy atom. The van der Waals surface area contributed by atoms with Crippen molar-refractivity contribution in [1.82, 2.24) is 9.97 Å². The van der Waals surface area contributed by atoms with Gasteiger partial charge in [-0.2, -0.15) is 0 Å². The molecule has 0 aliphatic heterocycles. The van der Waals surface area contributed by atoms with Crippen LogP contribution in [0.4, 0.5) is 11.5 Å². The minimum absolute atomic E-state index is 0.667. The lowest BCUT2D eigenvalue weighted by Gasteiger charge is -2.26. The second kappa shape index (κ2) is 6.48. The first kappa shape index (κ1) is 14.5. The number of hydrogen-bond acceptors (Lipinski definition) is 4. The van der Waals surface area contributed by atoms with Crippen molar-refractivity contribution in [1.29, 1.82) is 0 Å². The zero-order valence-corrected chi connectivity index (χ0v) is 12.4. The number of hydrogen-bond donors (Lipinski definition) is 1. The smallest absolute Gasteiger partial charge is 0.154 e. The highest BCUT2D eigenvalue weighted by atomic mass is 15.2. The van der Waals surface area contributed by atoms with E-state index in [-0.39, 0.29) is 0 Å². The van der Waals surface area contributed by atoms with Gasteiger partial charge in [0.1, 0.15) is 0 Å². The molecule has 0 aliphatic rings. The summed E-state index contributed by atoms with van der Waals surface area (Å²) in [7, 11) is 0. The Morgan fingerprint density at radius 1 is 1.15 bits per heavy atom. The largest absolute Gasteiger partial charge is 0.330 e. The number of rotatable bonds is 5. The molecule has 0 radical (unpaired) electrons. The van der Waals surface area contributed by atoms with Gasteiger partial charge in [0, 0.05) is 18.4 Å². The van der Waals surface area contributed by atoms with Crippen LogP contribution in [0.3, 0.4) is 0 Å². The fourth-order valence-corrected chi connectivity index (χ4v) is 2.24. The Morgan fingerprint density at radius 2 is 1.90 bits per heavy atom. The molecule has 0 aliphatic carbocycles. The topological polar surface area (TPSA) is 55.0 Å². The third kappa shape index (κ3) is 3.14. The summed E-state index contributed by atoms with van der Waals surface area (Å²) in [5.74, 6) is 0.924. The average Bonchev–Trinajstić information content (AvgIpc) is 2.44. The van der Waals surface area contributed by atoms with E-state index in [9.17, 15) is 0 Å². The molecule has 2 aromatic rings. The molecule has 2 N–H and O–H groups in total. The molecular weight excluding hydrogens is 248 g/mol. The third-order valence-electron chi connectivity index (χ3n) is 3.30. The van der Waals surface area contributed by atoms with Gasteiger partial charge in [0.05, 0.1) is 11.4 Å². The molecule has 0 fully saturated rings. The molecule has 1 aromatic heterocycles. The lowest BCUT2D eigenvalue weighted by Crippen LogP contribution is -2.24. The summed E-state index contributed by atoms with van der Waals surface area (Å²) >= 11 is 0. The van der Waals surface area contributed by atoms with E-state index in [0.29, 0.717) is 6.54 Å². The summed E-state index contributed by atoms with van der Waals surface area (Å²) in [4.78, 5) is 11.3. The molecular formula is C16H22N4. The molecule has 0 amide bonds. The number of nitrogens with two attached hydrogens (primary N) is 1. The van der Waals surface area contributed by atoms with Crippen LogP contribution in [0.2, 0.25) is 0 Å². The Labute approximate surface area is 120 Å². The fourth-order valence-electron chi connectivity index (χ4n) is 2.24. The van der Waals surface area contributed by atoms with Crippen molar-refractivity contribution in [3.63, 3.8) is 0 Å². The SMILES string of the molecule is Cc1cnc(C)c(N(CCCN)c2ccccc2C)n1. The van der Waals surface area contributed by atoms with Crippen molar-refractivity contribution in [3.8, 4) is 0 Å². The van der Waals surface area contributed by atoms with Crippen molar-refractivity contribution in [3.05, 3.63) is 47.4 Å². The molecule has 0 atom stereocenters. The van der Waals surface area contributed by atoms with Crippen LogP contribution >= 0.6 is 0 Å². The summed E-state index contributed by atoms with van der Waals surface area (Å²) in [6.45, 7) is 7.59. The lowest BCUT2D eigenvalue weighted by molar-refractivity contribution is 0.800. The van der Waals surface area contributed by atoms with Gasteiger partial charge in [0.15, 0.2) is 5.82 Å². The van der Waals surface area contributed by atoms with Gasteiger partial charge in [0.2, 0.25) is 0 Å². The molecule has 4 nitrogen and oxygen atoms in total. The molecule has 0 spiro atoms. The summed E-state index contributed by atoms with van der Waals surface area (Å²) in [5, 5.41) is 0. The molecule has 20 heavy (non-hydrogen) atoms. The Hall–Kier alpha value is -1.94. The van der Waals surface area contributed by atoms with E-state index < -0.39 is 0 Å². The number of aryl methyl sites for hydroxylation is 3.